The lowest BCUT2D eigenvalue weighted by atomic mass is 10.1. The molecule has 0 heterocycles. The Morgan fingerprint density at radius 2 is 1.79 bits per heavy atom. The van der Waals surface area contributed by atoms with Crippen molar-refractivity contribution in [3.8, 4) is 0 Å². The highest BCUT2D eigenvalue weighted by molar-refractivity contribution is 5.83. The number of benzene rings is 1. The molecule has 1 rings (SSSR count). The molecule has 0 saturated heterocycles. The number of rotatable bonds is 4. The van der Waals surface area contributed by atoms with Crippen molar-refractivity contribution in [1.29, 1.82) is 0 Å². The Balaban J connectivity index is 2.36. The zero-order valence-corrected chi connectivity index (χ0v) is 11.3. The van der Waals surface area contributed by atoms with Crippen molar-refractivity contribution in [3.05, 3.63) is 35.6 Å². The number of carbonyl (C=O) groups is 2. The molecule has 5 heteroatoms. The Hall–Kier alpha value is -1.91. The van der Waals surface area contributed by atoms with E-state index in [-0.39, 0.29) is 24.7 Å². The molecular weight excluding hydrogens is 249 g/mol. The highest BCUT2D eigenvalue weighted by Crippen LogP contribution is 2.06. The number of carbonyl (C=O) groups excluding carboxylic acids is 2. The van der Waals surface area contributed by atoms with E-state index < -0.39 is 11.6 Å². The first-order chi connectivity index (χ1) is 8.76. The van der Waals surface area contributed by atoms with Crippen molar-refractivity contribution < 1.29 is 18.7 Å². The zero-order chi connectivity index (χ0) is 14.5. The Morgan fingerprint density at radius 1 is 1.21 bits per heavy atom. The first kappa shape index (κ1) is 15.1. The van der Waals surface area contributed by atoms with Gasteiger partial charge in [-0.25, -0.2) is 4.39 Å². The summed E-state index contributed by atoms with van der Waals surface area (Å²) in [5.74, 6) is -1.14. The fourth-order valence-corrected chi connectivity index (χ4v) is 1.40. The van der Waals surface area contributed by atoms with Gasteiger partial charge in [-0.1, -0.05) is 12.1 Å². The highest BCUT2D eigenvalue weighted by Gasteiger charge is 2.16. The number of nitrogens with one attached hydrogen (secondary N) is 1. The van der Waals surface area contributed by atoms with Crippen LogP contribution in [-0.2, 0) is 20.7 Å². The summed E-state index contributed by atoms with van der Waals surface area (Å²) in [6, 6.07) is 5.64. The minimum absolute atomic E-state index is 0.100. The highest BCUT2D eigenvalue weighted by atomic mass is 19.1. The molecule has 0 unspecified atom stereocenters. The van der Waals surface area contributed by atoms with Crippen LogP contribution in [0, 0.1) is 5.82 Å². The van der Waals surface area contributed by atoms with Crippen LogP contribution >= 0.6 is 0 Å². The lowest BCUT2D eigenvalue weighted by Gasteiger charge is -2.19. The van der Waals surface area contributed by atoms with Gasteiger partial charge in [0.15, 0.2) is 0 Å². The second-order valence-corrected chi connectivity index (χ2v) is 5.17. The Morgan fingerprint density at radius 3 is 2.32 bits per heavy atom. The average molecular weight is 267 g/mol. The van der Waals surface area contributed by atoms with Crippen LogP contribution in [-0.4, -0.2) is 24.0 Å². The first-order valence-corrected chi connectivity index (χ1v) is 5.99. The monoisotopic (exact) mass is 267 g/mol. The van der Waals surface area contributed by atoms with Crippen molar-refractivity contribution in [2.45, 2.75) is 32.8 Å². The van der Waals surface area contributed by atoms with Crippen LogP contribution in [0.2, 0.25) is 0 Å². The lowest BCUT2D eigenvalue weighted by Crippen LogP contribution is -2.35. The van der Waals surface area contributed by atoms with Gasteiger partial charge in [0.05, 0.1) is 6.42 Å². The van der Waals surface area contributed by atoms with Crippen LogP contribution in [0.5, 0.6) is 0 Å². The number of hydrogen-bond acceptors (Lipinski definition) is 3. The van der Waals surface area contributed by atoms with Crippen LogP contribution in [0.15, 0.2) is 24.3 Å². The van der Waals surface area contributed by atoms with Gasteiger partial charge in [-0.05, 0) is 38.5 Å². The molecule has 0 aliphatic carbocycles. The van der Waals surface area contributed by atoms with Gasteiger partial charge >= 0.3 is 5.97 Å². The molecule has 1 N–H and O–H groups in total. The molecule has 0 atom stereocenters. The number of amides is 1. The summed E-state index contributed by atoms with van der Waals surface area (Å²) in [5.41, 5.74) is 0.113. The standard InChI is InChI=1S/C14H18FNO3/c1-14(2,3)19-13(18)9-16-12(17)8-10-4-6-11(15)7-5-10/h4-7H,8-9H2,1-3H3,(H,16,17). The minimum Gasteiger partial charge on any atom is -0.459 e. The Kier molecular flexibility index (Phi) is 5.03. The first-order valence-electron chi connectivity index (χ1n) is 5.99. The van der Waals surface area contributed by atoms with Gasteiger partial charge in [-0.3, -0.25) is 9.59 Å². The molecule has 0 aliphatic heterocycles. The topological polar surface area (TPSA) is 55.4 Å². The van der Waals surface area contributed by atoms with Crippen LogP contribution in [0.3, 0.4) is 0 Å². The maximum Gasteiger partial charge on any atom is 0.325 e. The maximum atomic E-state index is 12.7. The van der Waals surface area contributed by atoms with E-state index in [1.54, 1.807) is 20.8 Å². The zero-order valence-electron chi connectivity index (χ0n) is 11.3. The fourth-order valence-electron chi connectivity index (χ4n) is 1.40. The summed E-state index contributed by atoms with van der Waals surface area (Å²) in [7, 11) is 0. The average Bonchev–Trinajstić information content (AvgIpc) is 2.27. The molecule has 4 nitrogen and oxygen atoms in total. The molecule has 0 bridgehead atoms. The second kappa shape index (κ2) is 6.31. The predicted molar refractivity (Wildman–Crippen MR) is 69.0 cm³/mol. The normalized spacial score (nSPS) is 10.9. The number of hydrogen-bond donors (Lipinski definition) is 1. The van der Waals surface area contributed by atoms with Crippen LogP contribution in [0.25, 0.3) is 0 Å². The van der Waals surface area contributed by atoms with Crippen molar-refractivity contribution >= 4 is 11.9 Å². The van der Waals surface area contributed by atoms with Crippen molar-refractivity contribution in [3.63, 3.8) is 0 Å². The Bertz CT molecular complexity index is 449. The molecule has 19 heavy (non-hydrogen) atoms. The molecule has 0 aromatic heterocycles. The van der Waals surface area contributed by atoms with Crippen molar-refractivity contribution in [2.75, 3.05) is 6.54 Å². The van der Waals surface area contributed by atoms with Gasteiger partial charge in [0, 0.05) is 0 Å². The molecule has 104 valence electrons. The molecule has 1 aromatic carbocycles. The third kappa shape index (κ3) is 6.55. The molecular formula is C14H18FNO3. The van der Waals surface area contributed by atoms with E-state index in [1.165, 1.54) is 24.3 Å². The number of halogens is 1. The summed E-state index contributed by atoms with van der Waals surface area (Å²) in [5, 5.41) is 2.46. The van der Waals surface area contributed by atoms with Crippen LogP contribution in [0.1, 0.15) is 26.3 Å². The van der Waals surface area contributed by atoms with Crippen LogP contribution < -0.4 is 5.32 Å². The lowest BCUT2D eigenvalue weighted by molar-refractivity contribution is -0.154. The largest absolute Gasteiger partial charge is 0.459 e. The van der Waals surface area contributed by atoms with Gasteiger partial charge in [0.1, 0.15) is 18.0 Å². The summed E-state index contributed by atoms with van der Waals surface area (Å²) < 4.78 is 17.7. The molecule has 0 aliphatic rings. The summed E-state index contributed by atoms with van der Waals surface area (Å²) in [6.07, 6.45) is 0.100. The van der Waals surface area contributed by atoms with Crippen LogP contribution in [0.4, 0.5) is 4.39 Å². The molecule has 1 aromatic rings. The predicted octanol–water partition coefficient (Wildman–Crippen LogP) is 1.83. The molecule has 1 amide bonds. The quantitative estimate of drug-likeness (QED) is 0.847. The van der Waals surface area contributed by atoms with E-state index in [9.17, 15) is 14.0 Å². The molecule has 0 radical (unpaired) electrons. The van der Waals surface area contributed by atoms with Gasteiger partial charge in [0.2, 0.25) is 5.91 Å². The molecule has 0 fully saturated rings. The smallest absolute Gasteiger partial charge is 0.325 e. The van der Waals surface area contributed by atoms with E-state index in [0.717, 1.165) is 0 Å². The molecule has 0 saturated carbocycles. The van der Waals surface area contributed by atoms with E-state index in [4.69, 9.17) is 4.74 Å². The Labute approximate surface area is 112 Å². The number of esters is 1. The third-order valence-corrected chi connectivity index (χ3v) is 2.13. The van der Waals surface area contributed by atoms with Gasteiger partial charge in [-0.15, -0.1) is 0 Å². The van der Waals surface area contributed by atoms with E-state index in [2.05, 4.69) is 5.32 Å². The van der Waals surface area contributed by atoms with E-state index in [0.29, 0.717) is 5.56 Å². The van der Waals surface area contributed by atoms with Gasteiger partial charge in [0.25, 0.3) is 0 Å². The van der Waals surface area contributed by atoms with E-state index in [1.807, 2.05) is 0 Å². The summed E-state index contributed by atoms with van der Waals surface area (Å²) >= 11 is 0. The number of ether oxygens (including phenoxy) is 1. The third-order valence-electron chi connectivity index (χ3n) is 2.13. The van der Waals surface area contributed by atoms with E-state index >= 15 is 0 Å². The SMILES string of the molecule is CC(C)(C)OC(=O)CNC(=O)Cc1ccc(F)cc1. The summed E-state index contributed by atoms with van der Waals surface area (Å²) in [6.45, 7) is 5.10. The maximum absolute atomic E-state index is 12.7. The summed E-state index contributed by atoms with van der Waals surface area (Å²) in [4.78, 5) is 22.9. The van der Waals surface area contributed by atoms with Crippen molar-refractivity contribution in [1.82, 2.24) is 5.32 Å². The fraction of sp³-hybridized carbons (Fsp3) is 0.429. The second-order valence-electron chi connectivity index (χ2n) is 5.17. The molecule has 0 spiro atoms. The minimum atomic E-state index is -0.571. The van der Waals surface area contributed by atoms with Crippen molar-refractivity contribution in [2.24, 2.45) is 0 Å². The van der Waals surface area contributed by atoms with Gasteiger partial charge < -0.3 is 10.1 Å². The van der Waals surface area contributed by atoms with Gasteiger partial charge in [-0.2, -0.15) is 0 Å².